The molecule has 4 heteroatoms. The predicted molar refractivity (Wildman–Crippen MR) is 95.2 cm³/mol. The van der Waals surface area contributed by atoms with Gasteiger partial charge in [-0.05, 0) is 24.3 Å². The van der Waals surface area contributed by atoms with Crippen LogP contribution in [0.5, 0.6) is 0 Å². The number of rotatable bonds is 3. The molecule has 1 amide bonds. The van der Waals surface area contributed by atoms with Crippen molar-refractivity contribution in [2.24, 2.45) is 0 Å². The third kappa shape index (κ3) is 2.39. The van der Waals surface area contributed by atoms with Crippen molar-refractivity contribution in [2.45, 2.75) is 25.8 Å². The zero-order chi connectivity index (χ0) is 16.7. The maximum atomic E-state index is 12.5. The van der Waals surface area contributed by atoms with Gasteiger partial charge < -0.3 is 9.47 Å². The molecule has 0 unspecified atom stereocenters. The summed E-state index contributed by atoms with van der Waals surface area (Å²) < 4.78 is 2.33. The van der Waals surface area contributed by atoms with E-state index in [2.05, 4.69) is 36.6 Å². The fourth-order valence-electron chi connectivity index (χ4n) is 3.40. The van der Waals surface area contributed by atoms with Gasteiger partial charge in [-0.25, -0.2) is 4.98 Å². The molecular formula is C20H21N3O. The quantitative estimate of drug-likeness (QED) is 0.735. The lowest BCUT2D eigenvalue weighted by molar-refractivity contribution is 0.0521. The molecule has 1 aliphatic heterocycles. The number of amides is 1. The molecule has 0 saturated carbocycles. The van der Waals surface area contributed by atoms with Crippen molar-refractivity contribution in [1.82, 2.24) is 14.5 Å². The highest BCUT2D eigenvalue weighted by molar-refractivity contribution is 5.94. The molecule has 1 aliphatic rings. The van der Waals surface area contributed by atoms with Gasteiger partial charge in [0.15, 0.2) is 0 Å². The molecule has 1 fully saturated rings. The Bertz CT molecular complexity index is 876. The highest BCUT2D eigenvalue weighted by atomic mass is 16.2. The van der Waals surface area contributed by atoms with Crippen molar-refractivity contribution in [3.05, 3.63) is 66.0 Å². The van der Waals surface area contributed by atoms with Crippen molar-refractivity contribution in [1.29, 1.82) is 0 Å². The summed E-state index contributed by atoms with van der Waals surface area (Å²) in [7, 11) is 0. The van der Waals surface area contributed by atoms with Crippen LogP contribution in [-0.2, 0) is 0 Å². The lowest BCUT2D eigenvalue weighted by atomic mass is 10.0. The molecule has 0 aliphatic carbocycles. The Labute approximate surface area is 141 Å². The zero-order valence-electron chi connectivity index (χ0n) is 14.0. The zero-order valence-corrected chi connectivity index (χ0v) is 14.0. The number of benzene rings is 2. The molecule has 0 N–H and O–H groups in total. The number of para-hydroxylation sites is 2. The van der Waals surface area contributed by atoms with Gasteiger partial charge in [0.1, 0.15) is 5.82 Å². The number of aromatic nitrogens is 2. The van der Waals surface area contributed by atoms with Crippen LogP contribution in [-0.4, -0.2) is 33.4 Å². The Morgan fingerprint density at radius 3 is 2.42 bits per heavy atom. The summed E-state index contributed by atoms with van der Waals surface area (Å²) in [5, 5.41) is 0. The molecule has 0 spiro atoms. The van der Waals surface area contributed by atoms with E-state index >= 15 is 0 Å². The van der Waals surface area contributed by atoms with Crippen molar-refractivity contribution in [3.63, 3.8) is 0 Å². The summed E-state index contributed by atoms with van der Waals surface area (Å²) in [5.41, 5.74) is 2.96. The first-order valence-electron chi connectivity index (χ1n) is 8.46. The summed E-state index contributed by atoms with van der Waals surface area (Å²) in [6.07, 6.45) is 0. The minimum Gasteiger partial charge on any atom is -0.334 e. The third-order valence-corrected chi connectivity index (χ3v) is 4.67. The van der Waals surface area contributed by atoms with E-state index in [1.807, 2.05) is 41.3 Å². The molecule has 3 aromatic rings. The maximum absolute atomic E-state index is 12.5. The Morgan fingerprint density at radius 1 is 1.04 bits per heavy atom. The van der Waals surface area contributed by atoms with Crippen LogP contribution >= 0.6 is 0 Å². The standard InChI is InChI=1S/C20H21N3O/c1-14(2)19-21-17-10-6-7-11-18(17)23(19)16-12-22(13-16)20(24)15-8-4-3-5-9-15/h3-11,14,16H,12-13H2,1-2H3. The van der Waals surface area contributed by atoms with E-state index in [0.29, 0.717) is 12.0 Å². The summed E-state index contributed by atoms with van der Waals surface area (Å²) in [5.74, 6) is 1.58. The Kier molecular flexibility index (Phi) is 3.60. The molecule has 1 saturated heterocycles. The normalized spacial score (nSPS) is 15.0. The van der Waals surface area contributed by atoms with Crippen molar-refractivity contribution >= 4 is 16.9 Å². The number of hydrogen-bond donors (Lipinski definition) is 0. The first-order chi connectivity index (χ1) is 11.6. The number of hydrogen-bond acceptors (Lipinski definition) is 2. The summed E-state index contributed by atoms with van der Waals surface area (Å²) >= 11 is 0. The van der Waals surface area contributed by atoms with E-state index in [1.54, 1.807) is 0 Å². The molecule has 1 aromatic heterocycles. The number of fused-ring (bicyclic) bond motifs is 1. The van der Waals surface area contributed by atoms with E-state index < -0.39 is 0 Å². The molecule has 2 heterocycles. The fraction of sp³-hybridized carbons (Fsp3) is 0.300. The van der Waals surface area contributed by atoms with Crippen LogP contribution in [0.4, 0.5) is 0 Å². The second kappa shape index (κ2) is 5.78. The number of imidazole rings is 1. The molecule has 4 rings (SSSR count). The van der Waals surface area contributed by atoms with Crippen LogP contribution in [0.1, 0.15) is 42.0 Å². The molecule has 2 aromatic carbocycles. The topological polar surface area (TPSA) is 38.1 Å². The van der Waals surface area contributed by atoms with Crippen molar-refractivity contribution < 1.29 is 4.79 Å². The Morgan fingerprint density at radius 2 is 1.71 bits per heavy atom. The molecule has 4 nitrogen and oxygen atoms in total. The van der Waals surface area contributed by atoms with Gasteiger partial charge >= 0.3 is 0 Å². The van der Waals surface area contributed by atoms with E-state index in [4.69, 9.17) is 4.98 Å². The average molecular weight is 319 g/mol. The van der Waals surface area contributed by atoms with Gasteiger partial charge in [0, 0.05) is 24.6 Å². The van der Waals surface area contributed by atoms with Gasteiger partial charge in [-0.15, -0.1) is 0 Å². The predicted octanol–water partition coefficient (Wildman–Crippen LogP) is 3.86. The number of carbonyl (C=O) groups excluding carboxylic acids is 1. The molecule has 0 atom stereocenters. The minimum atomic E-state index is 0.113. The molecule has 0 bridgehead atoms. The smallest absolute Gasteiger partial charge is 0.253 e. The van der Waals surface area contributed by atoms with Gasteiger partial charge in [0.2, 0.25) is 0 Å². The van der Waals surface area contributed by atoms with Crippen molar-refractivity contribution in [2.75, 3.05) is 13.1 Å². The Balaban J connectivity index is 1.60. The van der Waals surface area contributed by atoms with Gasteiger partial charge in [-0.3, -0.25) is 4.79 Å². The van der Waals surface area contributed by atoms with Gasteiger partial charge in [0.05, 0.1) is 17.1 Å². The minimum absolute atomic E-state index is 0.113. The maximum Gasteiger partial charge on any atom is 0.253 e. The monoisotopic (exact) mass is 319 g/mol. The SMILES string of the molecule is CC(C)c1nc2ccccc2n1C1CN(C(=O)c2ccccc2)C1. The second-order valence-electron chi connectivity index (χ2n) is 6.71. The number of likely N-dealkylation sites (tertiary alicyclic amines) is 1. The van der Waals surface area contributed by atoms with Crippen LogP contribution in [0, 0.1) is 0 Å². The summed E-state index contributed by atoms with van der Waals surface area (Å²) in [6.45, 7) is 5.83. The van der Waals surface area contributed by atoms with E-state index in [0.717, 1.165) is 35.5 Å². The number of nitrogens with zero attached hydrogens (tertiary/aromatic N) is 3. The van der Waals surface area contributed by atoms with Crippen molar-refractivity contribution in [3.8, 4) is 0 Å². The van der Waals surface area contributed by atoms with Crippen LogP contribution < -0.4 is 0 Å². The van der Waals surface area contributed by atoms with Crippen LogP contribution in [0.2, 0.25) is 0 Å². The van der Waals surface area contributed by atoms with Gasteiger partial charge in [-0.1, -0.05) is 44.2 Å². The molecule has 24 heavy (non-hydrogen) atoms. The van der Waals surface area contributed by atoms with E-state index in [1.165, 1.54) is 0 Å². The van der Waals surface area contributed by atoms with Crippen LogP contribution in [0.3, 0.4) is 0 Å². The Hall–Kier alpha value is -2.62. The van der Waals surface area contributed by atoms with E-state index in [-0.39, 0.29) is 5.91 Å². The lowest BCUT2D eigenvalue weighted by Crippen LogP contribution is -2.51. The second-order valence-corrected chi connectivity index (χ2v) is 6.71. The number of carbonyl (C=O) groups is 1. The highest BCUT2D eigenvalue weighted by Gasteiger charge is 2.34. The fourth-order valence-corrected chi connectivity index (χ4v) is 3.40. The molecule has 0 radical (unpaired) electrons. The largest absolute Gasteiger partial charge is 0.334 e. The van der Waals surface area contributed by atoms with Gasteiger partial charge in [-0.2, -0.15) is 0 Å². The van der Waals surface area contributed by atoms with E-state index in [9.17, 15) is 4.79 Å². The first-order valence-corrected chi connectivity index (χ1v) is 8.46. The summed E-state index contributed by atoms with van der Waals surface area (Å²) in [4.78, 5) is 19.2. The summed E-state index contributed by atoms with van der Waals surface area (Å²) in [6, 6.07) is 18.1. The molecule has 122 valence electrons. The van der Waals surface area contributed by atoms with Crippen LogP contribution in [0.15, 0.2) is 54.6 Å². The highest BCUT2D eigenvalue weighted by Crippen LogP contribution is 2.31. The third-order valence-electron chi connectivity index (χ3n) is 4.67. The molecular weight excluding hydrogens is 298 g/mol. The first kappa shape index (κ1) is 14.9. The van der Waals surface area contributed by atoms with Crippen LogP contribution in [0.25, 0.3) is 11.0 Å². The lowest BCUT2D eigenvalue weighted by Gasteiger charge is -2.41. The van der Waals surface area contributed by atoms with Gasteiger partial charge in [0.25, 0.3) is 5.91 Å². The average Bonchev–Trinajstić information content (AvgIpc) is 2.94.